The van der Waals surface area contributed by atoms with E-state index in [9.17, 15) is 14.0 Å². The molecular weight excluding hydrogens is 375 g/mol. The number of rotatable bonds is 5. The van der Waals surface area contributed by atoms with E-state index in [1.54, 1.807) is 36.4 Å². The van der Waals surface area contributed by atoms with Crippen molar-refractivity contribution in [3.8, 4) is 6.07 Å². The zero-order valence-corrected chi connectivity index (χ0v) is 15.7. The fourth-order valence-electron chi connectivity index (χ4n) is 3.17. The number of anilines is 1. The lowest BCUT2D eigenvalue weighted by Gasteiger charge is -2.34. The predicted molar refractivity (Wildman–Crippen MR) is 104 cm³/mol. The summed E-state index contributed by atoms with van der Waals surface area (Å²) in [5, 5.41) is 14.2. The van der Waals surface area contributed by atoms with Crippen molar-refractivity contribution in [3.05, 3.63) is 65.5 Å². The minimum atomic E-state index is -0.854. The Morgan fingerprint density at radius 3 is 2.48 bits per heavy atom. The molecule has 0 radical (unpaired) electrons. The summed E-state index contributed by atoms with van der Waals surface area (Å²) in [6, 6.07) is 14.3. The summed E-state index contributed by atoms with van der Waals surface area (Å²) in [6.07, 6.45) is 0. The van der Waals surface area contributed by atoms with E-state index >= 15 is 0 Å². The van der Waals surface area contributed by atoms with Gasteiger partial charge in [-0.05, 0) is 29.8 Å². The van der Waals surface area contributed by atoms with Crippen LogP contribution in [0.15, 0.2) is 48.5 Å². The van der Waals surface area contributed by atoms with Crippen LogP contribution in [0.25, 0.3) is 0 Å². The zero-order chi connectivity index (χ0) is 20.6. The summed E-state index contributed by atoms with van der Waals surface area (Å²) >= 11 is 0. The summed E-state index contributed by atoms with van der Waals surface area (Å²) in [4.78, 5) is 26.7. The van der Waals surface area contributed by atoms with Crippen molar-refractivity contribution in [2.75, 3.05) is 38.2 Å². The molecule has 29 heavy (non-hydrogen) atoms. The highest BCUT2D eigenvalue weighted by atomic mass is 19.1. The fraction of sp³-hybridized carbons (Fsp3) is 0.286. The van der Waals surface area contributed by atoms with E-state index < -0.39 is 11.8 Å². The fourth-order valence-corrected chi connectivity index (χ4v) is 3.17. The van der Waals surface area contributed by atoms with Gasteiger partial charge in [-0.25, -0.2) is 4.39 Å². The molecule has 8 heteroatoms. The van der Waals surface area contributed by atoms with E-state index in [4.69, 9.17) is 10.00 Å². The van der Waals surface area contributed by atoms with Gasteiger partial charge < -0.3 is 15.4 Å². The average molecular weight is 396 g/mol. The lowest BCUT2D eigenvalue weighted by Crippen LogP contribution is -2.45. The predicted octanol–water partition coefficient (Wildman–Crippen LogP) is 1.83. The Labute approximate surface area is 168 Å². The molecule has 3 rings (SSSR count). The molecule has 1 fully saturated rings. The van der Waals surface area contributed by atoms with Crippen molar-refractivity contribution in [1.29, 1.82) is 5.26 Å². The molecule has 0 aliphatic carbocycles. The Morgan fingerprint density at radius 1 is 1.10 bits per heavy atom. The second kappa shape index (κ2) is 9.78. The molecule has 1 saturated heterocycles. The molecule has 1 unspecified atom stereocenters. The van der Waals surface area contributed by atoms with Crippen LogP contribution in [0.1, 0.15) is 17.2 Å². The number of benzene rings is 2. The highest BCUT2D eigenvalue weighted by molar-refractivity contribution is 6.39. The van der Waals surface area contributed by atoms with Gasteiger partial charge in [-0.15, -0.1) is 0 Å². The number of carbonyl (C=O) groups excluding carboxylic acids is 2. The minimum Gasteiger partial charge on any atom is -0.379 e. The van der Waals surface area contributed by atoms with E-state index in [0.29, 0.717) is 26.3 Å². The van der Waals surface area contributed by atoms with Crippen LogP contribution < -0.4 is 10.6 Å². The molecule has 1 atom stereocenters. The molecule has 150 valence electrons. The maximum atomic E-state index is 13.3. The molecule has 2 amide bonds. The van der Waals surface area contributed by atoms with Gasteiger partial charge in [0.2, 0.25) is 0 Å². The molecule has 1 aliphatic rings. The number of halogens is 1. The van der Waals surface area contributed by atoms with Crippen LogP contribution in [0.5, 0.6) is 0 Å². The minimum absolute atomic E-state index is 0.178. The number of para-hydroxylation sites is 1. The summed E-state index contributed by atoms with van der Waals surface area (Å²) in [5.74, 6) is -2.00. The van der Waals surface area contributed by atoms with Crippen LogP contribution in [0.4, 0.5) is 10.1 Å². The lowest BCUT2D eigenvalue weighted by molar-refractivity contribution is -0.136. The summed E-state index contributed by atoms with van der Waals surface area (Å²) < 4.78 is 18.7. The lowest BCUT2D eigenvalue weighted by atomic mass is 10.0. The van der Waals surface area contributed by atoms with Crippen molar-refractivity contribution >= 4 is 17.5 Å². The molecule has 0 bridgehead atoms. The molecule has 1 heterocycles. The van der Waals surface area contributed by atoms with Crippen LogP contribution >= 0.6 is 0 Å². The Morgan fingerprint density at radius 2 is 1.79 bits per heavy atom. The van der Waals surface area contributed by atoms with Gasteiger partial charge in [0.15, 0.2) is 0 Å². The van der Waals surface area contributed by atoms with E-state index in [2.05, 4.69) is 15.5 Å². The zero-order valence-electron chi connectivity index (χ0n) is 15.7. The first-order valence-corrected chi connectivity index (χ1v) is 9.24. The summed E-state index contributed by atoms with van der Waals surface area (Å²) in [5.41, 5.74) is 1.38. The molecule has 2 aromatic carbocycles. The number of hydrogen-bond donors (Lipinski definition) is 2. The number of morpholine rings is 1. The number of carbonyl (C=O) groups is 2. The number of hydrogen-bond acceptors (Lipinski definition) is 5. The molecule has 2 aromatic rings. The molecule has 0 saturated carbocycles. The van der Waals surface area contributed by atoms with Gasteiger partial charge in [0.05, 0.1) is 30.5 Å². The first kappa shape index (κ1) is 20.5. The Kier molecular flexibility index (Phi) is 6.89. The molecule has 1 aliphatic heterocycles. The van der Waals surface area contributed by atoms with Gasteiger partial charge in [-0.2, -0.15) is 5.26 Å². The Bertz CT molecular complexity index is 905. The van der Waals surface area contributed by atoms with E-state index in [0.717, 1.165) is 5.56 Å². The third-order valence-electron chi connectivity index (χ3n) is 4.70. The van der Waals surface area contributed by atoms with Crippen molar-refractivity contribution in [2.45, 2.75) is 6.04 Å². The van der Waals surface area contributed by atoms with Gasteiger partial charge >= 0.3 is 11.8 Å². The number of nitrogens with one attached hydrogen (secondary N) is 2. The summed E-state index contributed by atoms with van der Waals surface area (Å²) in [6.45, 7) is 2.64. The van der Waals surface area contributed by atoms with Crippen molar-refractivity contribution in [2.24, 2.45) is 0 Å². The SMILES string of the molecule is N#Cc1ccccc1NC(=O)C(=O)NCC(c1ccc(F)cc1)N1CCOCC1. The molecule has 2 N–H and O–H groups in total. The third kappa shape index (κ3) is 5.38. The smallest absolute Gasteiger partial charge is 0.313 e. The molecule has 0 spiro atoms. The van der Waals surface area contributed by atoms with Gasteiger partial charge in [0.1, 0.15) is 11.9 Å². The summed E-state index contributed by atoms with van der Waals surface area (Å²) in [7, 11) is 0. The largest absolute Gasteiger partial charge is 0.379 e. The highest BCUT2D eigenvalue weighted by Gasteiger charge is 2.24. The number of nitriles is 1. The quantitative estimate of drug-likeness (QED) is 0.752. The van der Waals surface area contributed by atoms with Crippen molar-refractivity contribution in [3.63, 3.8) is 0 Å². The maximum Gasteiger partial charge on any atom is 0.313 e. The number of amides is 2. The van der Waals surface area contributed by atoms with Crippen LogP contribution in [0.3, 0.4) is 0 Å². The van der Waals surface area contributed by atoms with Crippen molar-refractivity contribution in [1.82, 2.24) is 10.2 Å². The van der Waals surface area contributed by atoms with E-state index in [1.807, 2.05) is 6.07 Å². The van der Waals surface area contributed by atoms with Crippen LogP contribution in [0, 0.1) is 17.1 Å². The standard InChI is InChI=1S/C21H21FN4O3/c22-17-7-5-15(6-8-17)19(26-9-11-29-12-10-26)14-24-20(27)21(28)25-18-4-2-1-3-16(18)13-23/h1-8,19H,9-12,14H2,(H,24,27)(H,25,28). The van der Waals surface area contributed by atoms with Crippen molar-refractivity contribution < 1.29 is 18.7 Å². The van der Waals surface area contributed by atoms with Gasteiger partial charge in [-0.3, -0.25) is 14.5 Å². The van der Waals surface area contributed by atoms with Crippen LogP contribution in [-0.2, 0) is 14.3 Å². The second-order valence-electron chi connectivity index (χ2n) is 6.54. The first-order chi connectivity index (χ1) is 14.1. The highest BCUT2D eigenvalue weighted by Crippen LogP contribution is 2.21. The Balaban J connectivity index is 1.66. The van der Waals surface area contributed by atoms with E-state index in [-0.39, 0.29) is 29.7 Å². The van der Waals surface area contributed by atoms with Crippen LogP contribution in [-0.4, -0.2) is 49.6 Å². The normalized spacial score (nSPS) is 15.2. The molecule has 7 nitrogen and oxygen atoms in total. The second-order valence-corrected chi connectivity index (χ2v) is 6.54. The van der Waals surface area contributed by atoms with Gasteiger partial charge in [-0.1, -0.05) is 24.3 Å². The molecular formula is C21H21FN4O3. The topological polar surface area (TPSA) is 94.5 Å². The number of nitrogens with zero attached hydrogens (tertiary/aromatic N) is 2. The van der Waals surface area contributed by atoms with Gasteiger partial charge in [0.25, 0.3) is 0 Å². The van der Waals surface area contributed by atoms with E-state index in [1.165, 1.54) is 12.1 Å². The number of ether oxygens (including phenoxy) is 1. The monoisotopic (exact) mass is 396 g/mol. The maximum absolute atomic E-state index is 13.3. The van der Waals surface area contributed by atoms with Crippen LogP contribution in [0.2, 0.25) is 0 Å². The third-order valence-corrected chi connectivity index (χ3v) is 4.70. The van der Waals surface area contributed by atoms with Gasteiger partial charge in [0, 0.05) is 19.6 Å². The average Bonchev–Trinajstić information content (AvgIpc) is 2.76. The first-order valence-electron chi connectivity index (χ1n) is 9.24. The molecule has 0 aromatic heterocycles. The Hall–Kier alpha value is -3.28.